The highest BCUT2D eigenvalue weighted by Crippen LogP contribution is 2.35. The van der Waals surface area contributed by atoms with Crippen LogP contribution in [0.25, 0.3) is 0 Å². The topological polar surface area (TPSA) is 56.6 Å². The maximum Gasteiger partial charge on any atom is 0.241 e. The van der Waals surface area contributed by atoms with E-state index in [4.69, 9.17) is 21.6 Å². The molecule has 2 aromatic rings. The van der Waals surface area contributed by atoms with Crippen LogP contribution in [-0.2, 0) is 4.79 Å². The maximum atomic E-state index is 13.2. The van der Waals surface area contributed by atoms with Crippen molar-refractivity contribution < 1.29 is 9.53 Å². The van der Waals surface area contributed by atoms with Crippen molar-refractivity contribution in [3.8, 4) is 11.8 Å². The van der Waals surface area contributed by atoms with Crippen LogP contribution in [0.3, 0.4) is 0 Å². The molecule has 0 N–H and O–H groups in total. The summed E-state index contributed by atoms with van der Waals surface area (Å²) in [6, 6.07) is 17.6. The van der Waals surface area contributed by atoms with E-state index in [2.05, 4.69) is 11.0 Å². The summed E-state index contributed by atoms with van der Waals surface area (Å²) in [6.45, 7) is 4.05. The van der Waals surface area contributed by atoms with Gasteiger partial charge in [0.2, 0.25) is 5.91 Å². The van der Waals surface area contributed by atoms with E-state index in [1.165, 1.54) is 0 Å². The number of hydrogen-bond acceptors (Lipinski definition) is 4. The fourth-order valence-corrected chi connectivity index (χ4v) is 4.08. The zero-order chi connectivity index (χ0) is 20.6. The van der Waals surface area contributed by atoms with Gasteiger partial charge in [-0.25, -0.2) is 0 Å². The van der Waals surface area contributed by atoms with Crippen molar-refractivity contribution in [3.63, 3.8) is 0 Å². The van der Waals surface area contributed by atoms with Crippen LogP contribution < -0.4 is 9.64 Å². The fourth-order valence-electron chi connectivity index (χ4n) is 3.82. The normalized spacial score (nSPS) is 16.4. The quantitative estimate of drug-likeness (QED) is 0.624. The Morgan fingerprint density at radius 1 is 1.28 bits per heavy atom. The lowest BCUT2D eigenvalue weighted by Gasteiger charge is -2.29. The molecule has 152 valence electrons. The van der Waals surface area contributed by atoms with E-state index < -0.39 is 0 Å². The van der Waals surface area contributed by atoms with Crippen LogP contribution in [0.15, 0.2) is 48.5 Å². The molecule has 2 aromatic carbocycles. The lowest BCUT2D eigenvalue weighted by Crippen LogP contribution is -2.40. The summed E-state index contributed by atoms with van der Waals surface area (Å²) >= 11 is 6.40. The number of rotatable bonds is 8. The second-order valence-corrected chi connectivity index (χ2v) is 7.44. The predicted molar refractivity (Wildman–Crippen MR) is 115 cm³/mol. The number of anilines is 1. The molecule has 1 aliphatic heterocycles. The minimum atomic E-state index is -0.0108. The zero-order valence-corrected chi connectivity index (χ0v) is 17.4. The molecular formula is C23H26ClN3O2. The van der Waals surface area contributed by atoms with E-state index in [-0.39, 0.29) is 18.4 Å². The molecule has 0 radical (unpaired) electrons. The average Bonchev–Trinajstić information content (AvgIpc) is 3.18. The van der Waals surface area contributed by atoms with Crippen LogP contribution >= 0.6 is 11.6 Å². The third kappa shape index (κ3) is 5.29. The number of nitrogens with zero attached hydrogens (tertiary/aromatic N) is 3. The first-order chi connectivity index (χ1) is 14.1. The number of carbonyl (C=O) groups excluding carboxylic acids is 1. The SMILES string of the molecule is CCOc1ccc(N(CCC#N)C(=O)CN2CCCC2c2ccccc2Cl)cc1. The van der Waals surface area contributed by atoms with Crippen molar-refractivity contribution in [3.05, 3.63) is 59.1 Å². The number of amides is 1. The first-order valence-electron chi connectivity index (χ1n) is 10.0. The number of benzene rings is 2. The highest BCUT2D eigenvalue weighted by molar-refractivity contribution is 6.31. The summed E-state index contributed by atoms with van der Waals surface area (Å²) in [5, 5.41) is 9.77. The van der Waals surface area contributed by atoms with Crippen LogP contribution in [0.2, 0.25) is 5.02 Å². The van der Waals surface area contributed by atoms with E-state index in [1.807, 2.05) is 55.5 Å². The van der Waals surface area contributed by atoms with Gasteiger partial charge in [0, 0.05) is 23.3 Å². The lowest BCUT2D eigenvalue weighted by molar-refractivity contribution is -0.120. The van der Waals surface area contributed by atoms with E-state index in [1.54, 1.807) is 4.90 Å². The van der Waals surface area contributed by atoms with Crippen LogP contribution in [0.1, 0.15) is 37.8 Å². The van der Waals surface area contributed by atoms with Gasteiger partial charge in [-0.3, -0.25) is 9.69 Å². The Balaban J connectivity index is 1.75. The summed E-state index contributed by atoms with van der Waals surface area (Å²) in [4.78, 5) is 17.1. The monoisotopic (exact) mass is 411 g/mol. The van der Waals surface area contributed by atoms with Crippen LogP contribution in [0, 0.1) is 11.3 Å². The van der Waals surface area contributed by atoms with Gasteiger partial charge in [-0.1, -0.05) is 29.8 Å². The van der Waals surface area contributed by atoms with Crippen LogP contribution in [0.5, 0.6) is 5.75 Å². The zero-order valence-electron chi connectivity index (χ0n) is 16.7. The molecule has 0 bridgehead atoms. The number of nitriles is 1. The molecule has 0 saturated carbocycles. The van der Waals surface area contributed by atoms with Gasteiger partial charge in [0.15, 0.2) is 0 Å². The molecule has 1 heterocycles. The van der Waals surface area contributed by atoms with Gasteiger partial charge in [-0.15, -0.1) is 0 Å². The summed E-state index contributed by atoms with van der Waals surface area (Å²) in [5.74, 6) is 0.755. The molecular weight excluding hydrogens is 386 g/mol. The second kappa shape index (κ2) is 10.3. The third-order valence-corrected chi connectivity index (χ3v) is 5.52. The van der Waals surface area contributed by atoms with Gasteiger partial charge in [0.05, 0.1) is 25.6 Å². The predicted octanol–water partition coefficient (Wildman–Crippen LogP) is 4.82. The summed E-state index contributed by atoms with van der Waals surface area (Å²) in [5.41, 5.74) is 1.85. The number of hydrogen-bond donors (Lipinski definition) is 0. The highest BCUT2D eigenvalue weighted by Gasteiger charge is 2.30. The van der Waals surface area contributed by atoms with Crippen molar-refractivity contribution in [1.29, 1.82) is 5.26 Å². The minimum Gasteiger partial charge on any atom is -0.494 e. The van der Waals surface area contributed by atoms with Crippen molar-refractivity contribution in [2.75, 3.05) is 31.1 Å². The summed E-state index contributed by atoms with van der Waals surface area (Å²) in [7, 11) is 0. The Bertz CT molecular complexity index is 863. The molecule has 1 amide bonds. The fraction of sp³-hybridized carbons (Fsp3) is 0.391. The van der Waals surface area contributed by atoms with Gasteiger partial charge >= 0.3 is 0 Å². The number of likely N-dealkylation sites (tertiary alicyclic amines) is 1. The molecule has 1 saturated heterocycles. The molecule has 1 fully saturated rings. The first-order valence-corrected chi connectivity index (χ1v) is 10.4. The number of ether oxygens (including phenoxy) is 1. The molecule has 29 heavy (non-hydrogen) atoms. The number of carbonyl (C=O) groups is 1. The van der Waals surface area contributed by atoms with Gasteiger partial charge in [0.1, 0.15) is 5.75 Å². The molecule has 1 aliphatic rings. The van der Waals surface area contributed by atoms with Gasteiger partial charge < -0.3 is 9.64 Å². The Morgan fingerprint density at radius 2 is 2.03 bits per heavy atom. The Labute approximate surface area is 177 Å². The Kier molecular flexibility index (Phi) is 7.51. The largest absolute Gasteiger partial charge is 0.494 e. The third-order valence-electron chi connectivity index (χ3n) is 5.17. The van der Waals surface area contributed by atoms with Crippen molar-refractivity contribution in [2.24, 2.45) is 0 Å². The lowest BCUT2D eigenvalue weighted by atomic mass is 10.0. The molecule has 0 aromatic heterocycles. The van der Waals surface area contributed by atoms with Crippen molar-refractivity contribution in [2.45, 2.75) is 32.2 Å². The van der Waals surface area contributed by atoms with E-state index in [9.17, 15) is 4.79 Å². The molecule has 5 nitrogen and oxygen atoms in total. The van der Waals surface area contributed by atoms with Crippen molar-refractivity contribution in [1.82, 2.24) is 4.90 Å². The minimum absolute atomic E-state index is 0.0108. The molecule has 3 rings (SSSR count). The average molecular weight is 412 g/mol. The molecule has 1 atom stereocenters. The molecule has 0 aliphatic carbocycles. The van der Waals surface area contributed by atoms with Gasteiger partial charge in [0.25, 0.3) is 0 Å². The second-order valence-electron chi connectivity index (χ2n) is 7.03. The van der Waals surface area contributed by atoms with Crippen molar-refractivity contribution >= 4 is 23.2 Å². The molecule has 6 heteroatoms. The standard InChI is InChI=1S/C23H26ClN3O2/c1-2-29-19-12-10-18(11-13-19)27(16-6-14-25)23(28)17-26-15-5-9-22(26)20-7-3-4-8-21(20)24/h3-4,7-8,10-13,22H,2,5-6,9,15-17H2,1H3. The molecule has 1 unspecified atom stereocenters. The first kappa shape index (κ1) is 21.2. The van der Waals surface area contributed by atoms with Crippen LogP contribution in [-0.4, -0.2) is 37.0 Å². The summed E-state index contributed by atoms with van der Waals surface area (Å²) in [6.07, 6.45) is 2.30. The highest BCUT2D eigenvalue weighted by atomic mass is 35.5. The smallest absolute Gasteiger partial charge is 0.241 e. The number of halogens is 1. The van der Waals surface area contributed by atoms with E-state index >= 15 is 0 Å². The maximum absolute atomic E-state index is 13.2. The van der Waals surface area contributed by atoms with Gasteiger partial charge in [-0.2, -0.15) is 5.26 Å². The van der Waals surface area contributed by atoms with E-state index in [0.717, 1.165) is 41.4 Å². The Hall–Kier alpha value is -2.55. The Morgan fingerprint density at radius 3 is 2.72 bits per heavy atom. The van der Waals surface area contributed by atoms with Crippen LogP contribution in [0.4, 0.5) is 5.69 Å². The summed E-state index contributed by atoms with van der Waals surface area (Å²) < 4.78 is 5.49. The molecule has 0 spiro atoms. The van der Waals surface area contributed by atoms with Gasteiger partial charge in [-0.05, 0) is 62.2 Å². The van der Waals surface area contributed by atoms with E-state index in [0.29, 0.717) is 19.7 Å².